The molecule has 0 aliphatic carbocycles. The molecule has 2 unspecified atom stereocenters. The third-order valence-corrected chi connectivity index (χ3v) is 3.76. The Morgan fingerprint density at radius 3 is 2.55 bits per heavy atom. The first-order valence-corrected chi connectivity index (χ1v) is 7.19. The van der Waals surface area contributed by atoms with E-state index in [1.165, 1.54) is 0 Å². The number of halogens is 2. The van der Waals surface area contributed by atoms with Crippen molar-refractivity contribution >= 4 is 30.7 Å². The fourth-order valence-corrected chi connectivity index (χ4v) is 2.55. The highest BCUT2D eigenvalue weighted by Crippen LogP contribution is 2.17. The fourth-order valence-electron chi connectivity index (χ4n) is 2.55. The van der Waals surface area contributed by atoms with E-state index in [1.807, 2.05) is 19.1 Å². The van der Waals surface area contributed by atoms with Gasteiger partial charge < -0.3 is 15.8 Å². The van der Waals surface area contributed by atoms with E-state index in [1.54, 1.807) is 12.4 Å². The Labute approximate surface area is 144 Å². The van der Waals surface area contributed by atoms with Crippen LogP contribution in [0.4, 0.5) is 0 Å². The van der Waals surface area contributed by atoms with Crippen LogP contribution in [0.25, 0.3) is 0 Å². The lowest BCUT2D eigenvalue weighted by Crippen LogP contribution is -2.49. The second-order valence-electron chi connectivity index (χ2n) is 5.44. The topological polar surface area (TPSA) is 77.2 Å². The van der Waals surface area contributed by atoms with Gasteiger partial charge in [-0.2, -0.15) is 0 Å². The van der Waals surface area contributed by atoms with Gasteiger partial charge >= 0.3 is 0 Å². The maximum absolute atomic E-state index is 12.2. The molecule has 1 aromatic rings. The molecule has 1 saturated heterocycles. The molecule has 5 nitrogen and oxygen atoms in total. The molecule has 2 heterocycles. The van der Waals surface area contributed by atoms with Crippen molar-refractivity contribution in [2.75, 3.05) is 13.2 Å². The standard InChI is InChI=1S/C15H23N3O2.2ClH/c1-11(10-12-2-6-17-7-3-12)18-15(19)14(16)13-4-8-20-9-5-13;;/h2-3,6-7,11,13-14H,4-5,8-10,16H2,1H3,(H,18,19);2*1H. The van der Waals surface area contributed by atoms with E-state index in [0.717, 1.165) is 24.8 Å². The SMILES string of the molecule is CC(Cc1ccncc1)NC(=O)C(N)C1CCOCC1.Cl.Cl. The molecule has 0 bridgehead atoms. The number of rotatable bonds is 5. The molecule has 2 rings (SSSR count). The van der Waals surface area contributed by atoms with E-state index in [2.05, 4.69) is 10.3 Å². The zero-order valence-electron chi connectivity index (χ0n) is 12.7. The Balaban J connectivity index is 0.00000220. The van der Waals surface area contributed by atoms with Gasteiger partial charge in [-0.1, -0.05) is 0 Å². The molecule has 0 radical (unpaired) electrons. The molecule has 3 N–H and O–H groups in total. The van der Waals surface area contributed by atoms with Crippen molar-refractivity contribution in [3.05, 3.63) is 30.1 Å². The summed E-state index contributed by atoms with van der Waals surface area (Å²) in [7, 11) is 0. The van der Waals surface area contributed by atoms with Crippen molar-refractivity contribution in [3.63, 3.8) is 0 Å². The maximum Gasteiger partial charge on any atom is 0.237 e. The van der Waals surface area contributed by atoms with E-state index in [9.17, 15) is 4.79 Å². The van der Waals surface area contributed by atoms with E-state index in [0.29, 0.717) is 13.2 Å². The largest absolute Gasteiger partial charge is 0.381 e. The quantitative estimate of drug-likeness (QED) is 0.848. The zero-order chi connectivity index (χ0) is 14.4. The van der Waals surface area contributed by atoms with Crippen LogP contribution >= 0.6 is 24.8 Å². The number of nitrogens with one attached hydrogen (secondary N) is 1. The first kappa shape index (κ1) is 21.1. The third-order valence-electron chi connectivity index (χ3n) is 3.76. The number of hydrogen-bond acceptors (Lipinski definition) is 4. The highest BCUT2D eigenvalue weighted by atomic mass is 35.5. The number of nitrogens with zero attached hydrogens (tertiary/aromatic N) is 1. The third kappa shape index (κ3) is 6.48. The predicted molar refractivity (Wildman–Crippen MR) is 91.6 cm³/mol. The number of hydrogen-bond donors (Lipinski definition) is 2. The Bertz CT molecular complexity index is 428. The molecule has 126 valence electrons. The highest BCUT2D eigenvalue weighted by molar-refractivity contribution is 5.85. The van der Waals surface area contributed by atoms with Gasteiger partial charge in [-0.15, -0.1) is 24.8 Å². The number of carbonyl (C=O) groups excluding carboxylic acids is 1. The van der Waals surface area contributed by atoms with Gasteiger partial charge in [-0.05, 0) is 49.8 Å². The van der Waals surface area contributed by atoms with Gasteiger partial charge in [-0.25, -0.2) is 0 Å². The molecule has 0 spiro atoms. The van der Waals surface area contributed by atoms with Gasteiger partial charge in [0.2, 0.25) is 5.91 Å². The summed E-state index contributed by atoms with van der Waals surface area (Å²) < 4.78 is 5.30. The maximum atomic E-state index is 12.2. The number of ether oxygens (including phenoxy) is 1. The molecule has 2 atom stereocenters. The van der Waals surface area contributed by atoms with Gasteiger partial charge in [0.05, 0.1) is 6.04 Å². The molecule has 0 aromatic carbocycles. The minimum atomic E-state index is -0.432. The Morgan fingerprint density at radius 1 is 1.36 bits per heavy atom. The molecule has 1 fully saturated rings. The minimum absolute atomic E-state index is 0. The lowest BCUT2D eigenvalue weighted by atomic mass is 9.91. The summed E-state index contributed by atoms with van der Waals surface area (Å²) in [5.74, 6) is 0.176. The van der Waals surface area contributed by atoms with E-state index in [-0.39, 0.29) is 42.7 Å². The summed E-state index contributed by atoms with van der Waals surface area (Å²) in [5, 5.41) is 3.00. The smallest absolute Gasteiger partial charge is 0.237 e. The van der Waals surface area contributed by atoms with Crippen LogP contribution in [0.15, 0.2) is 24.5 Å². The summed E-state index contributed by atoms with van der Waals surface area (Å²) in [6.45, 7) is 3.41. The minimum Gasteiger partial charge on any atom is -0.381 e. The molecule has 1 aromatic heterocycles. The number of carbonyl (C=O) groups is 1. The lowest BCUT2D eigenvalue weighted by Gasteiger charge is -2.27. The van der Waals surface area contributed by atoms with E-state index < -0.39 is 6.04 Å². The van der Waals surface area contributed by atoms with Gasteiger partial charge in [0.1, 0.15) is 0 Å². The van der Waals surface area contributed by atoms with Crippen LogP contribution in [0.2, 0.25) is 0 Å². The van der Waals surface area contributed by atoms with Crippen molar-refractivity contribution in [1.82, 2.24) is 10.3 Å². The number of nitrogens with two attached hydrogens (primary N) is 1. The van der Waals surface area contributed by atoms with Crippen molar-refractivity contribution in [3.8, 4) is 0 Å². The lowest BCUT2D eigenvalue weighted by molar-refractivity contribution is -0.124. The monoisotopic (exact) mass is 349 g/mol. The Hall–Kier alpha value is -0.880. The van der Waals surface area contributed by atoms with Crippen LogP contribution in [0.1, 0.15) is 25.3 Å². The Morgan fingerprint density at radius 2 is 1.95 bits per heavy atom. The zero-order valence-corrected chi connectivity index (χ0v) is 14.4. The van der Waals surface area contributed by atoms with Gasteiger partial charge in [0, 0.05) is 31.6 Å². The summed E-state index contributed by atoms with van der Waals surface area (Å²) in [6.07, 6.45) is 6.05. The second-order valence-corrected chi connectivity index (χ2v) is 5.44. The highest BCUT2D eigenvalue weighted by Gasteiger charge is 2.27. The van der Waals surface area contributed by atoms with Crippen molar-refractivity contribution in [2.45, 2.75) is 38.3 Å². The molecule has 1 aliphatic heterocycles. The first-order chi connectivity index (χ1) is 9.66. The molecule has 1 amide bonds. The molecule has 0 saturated carbocycles. The van der Waals surface area contributed by atoms with Crippen LogP contribution in [-0.2, 0) is 16.0 Å². The van der Waals surface area contributed by atoms with Crippen LogP contribution in [-0.4, -0.2) is 36.2 Å². The van der Waals surface area contributed by atoms with Crippen molar-refractivity contribution in [2.24, 2.45) is 11.7 Å². The summed E-state index contributed by atoms with van der Waals surface area (Å²) in [5.41, 5.74) is 7.22. The number of amides is 1. The average molecular weight is 350 g/mol. The normalized spacial score (nSPS) is 17.5. The molecule has 7 heteroatoms. The van der Waals surface area contributed by atoms with Crippen molar-refractivity contribution < 1.29 is 9.53 Å². The summed E-state index contributed by atoms with van der Waals surface area (Å²) in [4.78, 5) is 16.1. The first-order valence-electron chi connectivity index (χ1n) is 7.19. The van der Waals surface area contributed by atoms with Crippen LogP contribution in [0, 0.1) is 5.92 Å². The molecule has 22 heavy (non-hydrogen) atoms. The van der Waals surface area contributed by atoms with Gasteiger partial charge in [-0.3, -0.25) is 9.78 Å². The summed E-state index contributed by atoms with van der Waals surface area (Å²) >= 11 is 0. The molecular formula is C15H25Cl2N3O2. The van der Waals surface area contributed by atoms with Crippen LogP contribution in [0.5, 0.6) is 0 Å². The Kier molecular flexibility index (Phi) is 10.3. The molecule has 1 aliphatic rings. The van der Waals surface area contributed by atoms with Crippen LogP contribution in [0.3, 0.4) is 0 Å². The number of aromatic nitrogens is 1. The number of pyridine rings is 1. The van der Waals surface area contributed by atoms with E-state index >= 15 is 0 Å². The average Bonchev–Trinajstić information content (AvgIpc) is 2.48. The molecular weight excluding hydrogens is 325 g/mol. The van der Waals surface area contributed by atoms with Gasteiger partial charge in [0.15, 0.2) is 0 Å². The second kappa shape index (κ2) is 10.8. The van der Waals surface area contributed by atoms with Crippen LogP contribution < -0.4 is 11.1 Å². The fraction of sp³-hybridized carbons (Fsp3) is 0.600. The van der Waals surface area contributed by atoms with Gasteiger partial charge in [0.25, 0.3) is 0 Å². The van der Waals surface area contributed by atoms with Crippen molar-refractivity contribution in [1.29, 1.82) is 0 Å². The van der Waals surface area contributed by atoms with E-state index in [4.69, 9.17) is 10.5 Å². The summed E-state index contributed by atoms with van der Waals surface area (Å²) in [6, 6.07) is 3.55. The predicted octanol–water partition coefficient (Wildman–Crippen LogP) is 1.73.